The van der Waals surface area contributed by atoms with E-state index in [2.05, 4.69) is 10.5 Å². The van der Waals surface area contributed by atoms with Crippen molar-refractivity contribution in [2.75, 3.05) is 0 Å². The second-order valence-corrected chi connectivity index (χ2v) is 6.51. The molecule has 0 aliphatic carbocycles. The molecule has 0 aromatic heterocycles. The summed E-state index contributed by atoms with van der Waals surface area (Å²) < 4.78 is 6.01. The first-order chi connectivity index (χ1) is 13.2. The van der Waals surface area contributed by atoms with Gasteiger partial charge >= 0.3 is 0 Å². The van der Waals surface area contributed by atoms with Crippen molar-refractivity contribution in [3.05, 3.63) is 89.5 Å². The van der Waals surface area contributed by atoms with Gasteiger partial charge in [-0.3, -0.25) is 0 Å². The van der Waals surface area contributed by atoms with Gasteiger partial charge in [-0.15, -0.1) is 5.10 Å². The Balaban J connectivity index is 1.62. The number of phenols is 2. The van der Waals surface area contributed by atoms with E-state index in [9.17, 15) is 10.2 Å². The zero-order valence-corrected chi connectivity index (χ0v) is 14.7. The lowest BCUT2D eigenvalue weighted by Gasteiger charge is -2.27. The summed E-state index contributed by atoms with van der Waals surface area (Å²) in [5.41, 5.74) is 6.21. The van der Waals surface area contributed by atoms with E-state index in [4.69, 9.17) is 4.74 Å². The molecule has 5 nitrogen and oxygen atoms in total. The molecule has 0 spiro atoms. The summed E-state index contributed by atoms with van der Waals surface area (Å²) in [5, 5.41) is 23.8. The molecule has 1 unspecified atom stereocenters. The fraction of sp³-hybridized carbons (Fsp3) is 0.136. The van der Waals surface area contributed by atoms with Crippen LogP contribution in [0, 0.1) is 0 Å². The molecule has 3 aromatic carbocycles. The standard InChI is InChI=1S/C22H20N2O3/c25-18-9-6-16(7-10-18)20-12-17-8-11-19(26)13-21(17)27-22(20)24-23-14-15-4-2-1-3-5-15/h1-11,13,20,23,25-26H,12,14H2. The van der Waals surface area contributed by atoms with E-state index < -0.39 is 0 Å². The van der Waals surface area contributed by atoms with Gasteiger partial charge in [0.25, 0.3) is 0 Å². The number of ether oxygens (including phenoxy) is 1. The summed E-state index contributed by atoms with van der Waals surface area (Å²) in [5.74, 6) is 1.46. The zero-order valence-electron chi connectivity index (χ0n) is 14.7. The number of benzene rings is 3. The Hall–Kier alpha value is -3.47. The van der Waals surface area contributed by atoms with Crippen molar-refractivity contribution in [2.24, 2.45) is 5.10 Å². The third-order valence-corrected chi connectivity index (χ3v) is 4.60. The molecule has 1 heterocycles. The van der Waals surface area contributed by atoms with E-state index in [0.29, 0.717) is 24.6 Å². The van der Waals surface area contributed by atoms with Crippen LogP contribution in [0.25, 0.3) is 0 Å². The molecule has 0 saturated heterocycles. The first-order valence-electron chi connectivity index (χ1n) is 8.82. The Bertz CT molecular complexity index is 953. The van der Waals surface area contributed by atoms with Crippen molar-refractivity contribution in [1.82, 2.24) is 5.43 Å². The van der Waals surface area contributed by atoms with Crippen LogP contribution in [0.5, 0.6) is 17.2 Å². The van der Waals surface area contributed by atoms with E-state index in [1.165, 1.54) is 0 Å². The monoisotopic (exact) mass is 360 g/mol. The second-order valence-electron chi connectivity index (χ2n) is 6.51. The molecule has 1 aliphatic rings. The zero-order chi connectivity index (χ0) is 18.6. The van der Waals surface area contributed by atoms with Gasteiger partial charge in [-0.25, -0.2) is 0 Å². The summed E-state index contributed by atoms with van der Waals surface area (Å²) in [4.78, 5) is 0. The highest BCUT2D eigenvalue weighted by Gasteiger charge is 2.28. The van der Waals surface area contributed by atoms with Crippen LogP contribution in [0.15, 0.2) is 77.9 Å². The largest absolute Gasteiger partial charge is 0.508 e. The Morgan fingerprint density at radius 1 is 0.926 bits per heavy atom. The highest BCUT2D eigenvalue weighted by Crippen LogP contribution is 2.36. The first kappa shape index (κ1) is 17.0. The van der Waals surface area contributed by atoms with Crippen LogP contribution in [-0.4, -0.2) is 16.1 Å². The van der Waals surface area contributed by atoms with Crippen molar-refractivity contribution < 1.29 is 14.9 Å². The van der Waals surface area contributed by atoms with Crippen molar-refractivity contribution in [1.29, 1.82) is 0 Å². The highest BCUT2D eigenvalue weighted by atomic mass is 16.5. The summed E-state index contributed by atoms with van der Waals surface area (Å²) in [6.07, 6.45) is 0.701. The van der Waals surface area contributed by atoms with E-state index in [1.807, 2.05) is 48.5 Å². The molecule has 5 heteroatoms. The normalized spacial score (nSPS) is 17.2. The Morgan fingerprint density at radius 2 is 1.67 bits per heavy atom. The summed E-state index contributed by atoms with van der Waals surface area (Å²) in [6.45, 7) is 0.586. The minimum atomic E-state index is -0.0779. The Kier molecular flexibility index (Phi) is 4.66. The maximum atomic E-state index is 9.75. The quantitative estimate of drug-likeness (QED) is 0.617. The van der Waals surface area contributed by atoms with Gasteiger partial charge < -0.3 is 20.4 Å². The molecule has 0 radical (unpaired) electrons. The van der Waals surface area contributed by atoms with Crippen LogP contribution in [0.4, 0.5) is 0 Å². The van der Waals surface area contributed by atoms with Crippen LogP contribution < -0.4 is 10.2 Å². The first-order valence-corrected chi connectivity index (χ1v) is 8.82. The topological polar surface area (TPSA) is 74.1 Å². The number of aromatic hydroxyl groups is 2. The van der Waals surface area contributed by atoms with Crippen LogP contribution >= 0.6 is 0 Å². The van der Waals surface area contributed by atoms with Gasteiger partial charge in [0.15, 0.2) is 0 Å². The molecule has 3 N–H and O–H groups in total. The highest BCUT2D eigenvalue weighted by molar-refractivity contribution is 5.88. The Labute approximate surface area is 157 Å². The number of nitrogens with zero attached hydrogens (tertiary/aromatic N) is 1. The third-order valence-electron chi connectivity index (χ3n) is 4.60. The molecule has 136 valence electrons. The van der Waals surface area contributed by atoms with E-state index in [1.54, 1.807) is 24.3 Å². The number of hydrogen-bond donors (Lipinski definition) is 3. The van der Waals surface area contributed by atoms with Crippen molar-refractivity contribution in [3.63, 3.8) is 0 Å². The SMILES string of the molecule is Oc1ccc(C2Cc3ccc(O)cc3OC2=NNCc2ccccc2)cc1. The average molecular weight is 360 g/mol. The second kappa shape index (κ2) is 7.41. The van der Waals surface area contributed by atoms with Crippen LogP contribution in [0.2, 0.25) is 0 Å². The molecule has 0 saturated carbocycles. The number of fused-ring (bicyclic) bond motifs is 1. The van der Waals surface area contributed by atoms with Crippen LogP contribution in [0.1, 0.15) is 22.6 Å². The molecular formula is C22H20N2O3. The third kappa shape index (κ3) is 3.87. The van der Waals surface area contributed by atoms with Gasteiger partial charge in [-0.1, -0.05) is 48.5 Å². The molecule has 1 aliphatic heterocycles. The lowest BCUT2D eigenvalue weighted by molar-refractivity contribution is 0.449. The predicted octanol–water partition coefficient (Wildman–Crippen LogP) is 3.92. The lowest BCUT2D eigenvalue weighted by Crippen LogP contribution is -2.28. The number of nitrogens with one attached hydrogen (secondary N) is 1. The van der Waals surface area contributed by atoms with E-state index in [-0.39, 0.29) is 17.4 Å². The summed E-state index contributed by atoms with van der Waals surface area (Å²) in [6, 6.07) is 22.2. The molecule has 3 aromatic rings. The average Bonchev–Trinajstić information content (AvgIpc) is 2.69. The molecule has 4 rings (SSSR count). The summed E-state index contributed by atoms with van der Waals surface area (Å²) in [7, 11) is 0. The molecule has 0 fully saturated rings. The fourth-order valence-corrected chi connectivity index (χ4v) is 3.17. The lowest BCUT2D eigenvalue weighted by atomic mass is 9.89. The fourth-order valence-electron chi connectivity index (χ4n) is 3.17. The van der Waals surface area contributed by atoms with E-state index >= 15 is 0 Å². The van der Waals surface area contributed by atoms with Crippen molar-refractivity contribution >= 4 is 5.90 Å². The minimum Gasteiger partial charge on any atom is -0.508 e. The Morgan fingerprint density at radius 3 is 2.44 bits per heavy atom. The number of rotatable bonds is 4. The maximum Gasteiger partial charge on any atom is 0.219 e. The van der Waals surface area contributed by atoms with Gasteiger partial charge in [0.05, 0.1) is 12.5 Å². The summed E-state index contributed by atoms with van der Waals surface area (Å²) >= 11 is 0. The van der Waals surface area contributed by atoms with Gasteiger partial charge in [0, 0.05) is 6.07 Å². The van der Waals surface area contributed by atoms with Gasteiger partial charge in [-0.2, -0.15) is 0 Å². The van der Waals surface area contributed by atoms with Crippen molar-refractivity contribution in [2.45, 2.75) is 18.9 Å². The van der Waals surface area contributed by atoms with Crippen molar-refractivity contribution in [3.8, 4) is 17.2 Å². The van der Waals surface area contributed by atoms with Gasteiger partial charge in [-0.05, 0) is 41.3 Å². The minimum absolute atomic E-state index is 0.0779. The number of hydrazone groups is 1. The maximum absolute atomic E-state index is 9.75. The smallest absolute Gasteiger partial charge is 0.219 e. The van der Waals surface area contributed by atoms with Gasteiger partial charge in [0.2, 0.25) is 5.90 Å². The number of hydrogen-bond acceptors (Lipinski definition) is 5. The molecular weight excluding hydrogens is 340 g/mol. The molecule has 0 amide bonds. The van der Waals surface area contributed by atoms with E-state index in [0.717, 1.165) is 16.7 Å². The van der Waals surface area contributed by atoms with Gasteiger partial charge in [0.1, 0.15) is 17.2 Å². The number of phenolic OH excluding ortho intramolecular Hbond substituents is 2. The molecule has 1 atom stereocenters. The van der Waals surface area contributed by atoms with Crippen LogP contribution in [-0.2, 0) is 13.0 Å². The molecule has 27 heavy (non-hydrogen) atoms. The predicted molar refractivity (Wildman–Crippen MR) is 104 cm³/mol. The molecule has 0 bridgehead atoms. The van der Waals surface area contributed by atoms with Crippen LogP contribution in [0.3, 0.4) is 0 Å².